The number of ether oxygens (including phenoxy) is 1. The lowest BCUT2D eigenvalue weighted by Gasteiger charge is -2.06. The molecule has 6 heteroatoms. The van der Waals surface area contributed by atoms with Crippen LogP contribution in [0.4, 0.5) is 0 Å². The van der Waals surface area contributed by atoms with Crippen LogP contribution in [0.1, 0.15) is 22.5 Å². The highest BCUT2D eigenvalue weighted by molar-refractivity contribution is 7.07. The standard InChI is InChI=1S/C19H17NO4S/c1-13-12-25-19(23)20(13)9-8-18(22)24-11-17(21)16-7-6-14-4-2-3-5-15(14)10-16/h2-7,10,12H,8-9,11H2,1H3. The first kappa shape index (κ1) is 17.1. The van der Waals surface area contributed by atoms with Crippen molar-refractivity contribution in [2.24, 2.45) is 0 Å². The van der Waals surface area contributed by atoms with Gasteiger partial charge in [0.1, 0.15) is 0 Å². The highest BCUT2D eigenvalue weighted by Gasteiger charge is 2.12. The van der Waals surface area contributed by atoms with Crippen LogP contribution < -0.4 is 4.87 Å². The summed E-state index contributed by atoms with van der Waals surface area (Å²) >= 11 is 1.10. The average molecular weight is 355 g/mol. The lowest BCUT2D eigenvalue weighted by Crippen LogP contribution is -2.19. The summed E-state index contributed by atoms with van der Waals surface area (Å²) in [6.07, 6.45) is 0.0580. The topological polar surface area (TPSA) is 65.4 Å². The molecule has 0 aliphatic heterocycles. The van der Waals surface area contributed by atoms with Crippen molar-refractivity contribution in [3.8, 4) is 0 Å². The number of carbonyl (C=O) groups excluding carboxylic acids is 2. The van der Waals surface area contributed by atoms with Crippen LogP contribution in [0.15, 0.2) is 52.6 Å². The second-order valence-corrected chi connectivity index (χ2v) is 6.51. The number of aromatic nitrogens is 1. The summed E-state index contributed by atoms with van der Waals surface area (Å²) in [5.74, 6) is -0.741. The molecule has 0 unspecified atom stereocenters. The zero-order chi connectivity index (χ0) is 17.8. The molecule has 0 aliphatic carbocycles. The highest BCUT2D eigenvalue weighted by Crippen LogP contribution is 2.16. The number of rotatable bonds is 6. The van der Waals surface area contributed by atoms with E-state index >= 15 is 0 Å². The first-order chi connectivity index (χ1) is 12.0. The summed E-state index contributed by atoms with van der Waals surface area (Å²) in [5, 5.41) is 3.76. The fourth-order valence-electron chi connectivity index (χ4n) is 2.54. The van der Waals surface area contributed by atoms with E-state index < -0.39 is 5.97 Å². The summed E-state index contributed by atoms with van der Waals surface area (Å²) < 4.78 is 6.57. The van der Waals surface area contributed by atoms with Gasteiger partial charge in [-0.1, -0.05) is 47.7 Å². The van der Waals surface area contributed by atoms with E-state index in [0.717, 1.165) is 27.8 Å². The minimum Gasteiger partial charge on any atom is -0.457 e. The molecule has 0 atom stereocenters. The molecule has 128 valence electrons. The smallest absolute Gasteiger partial charge is 0.308 e. The van der Waals surface area contributed by atoms with E-state index in [1.165, 1.54) is 4.57 Å². The van der Waals surface area contributed by atoms with E-state index in [1.807, 2.05) is 37.3 Å². The molecule has 3 rings (SSSR count). The van der Waals surface area contributed by atoms with Gasteiger partial charge in [0.15, 0.2) is 12.4 Å². The second kappa shape index (κ2) is 7.44. The van der Waals surface area contributed by atoms with Crippen LogP contribution in [0.2, 0.25) is 0 Å². The van der Waals surface area contributed by atoms with Gasteiger partial charge in [-0.25, -0.2) is 0 Å². The van der Waals surface area contributed by atoms with E-state index in [2.05, 4.69) is 0 Å². The van der Waals surface area contributed by atoms with Gasteiger partial charge in [-0.05, 0) is 23.8 Å². The molecule has 0 radical (unpaired) electrons. The summed E-state index contributed by atoms with van der Waals surface area (Å²) in [6.45, 7) is 1.78. The Kier molecular flexibility index (Phi) is 5.09. The third-order valence-electron chi connectivity index (χ3n) is 3.95. The number of hydrogen-bond acceptors (Lipinski definition) is 5. The van der Waals surface area contributed by atoms with Crippen molar-refractivity contribution in [2.45, 2.75) is 19.9 Å². The summed E-state index contributed by atoms with van der Waals surface area (Å²) in [6, 6.07) is 13.1. The summed E-state index contributed by atoms with van der Waals surface area (Å²) in [4.78, 5) is 35.5. The molecule has 2 aromatic carbocycles. The Hall–Kier alpha value is -2.73. The Labute approximate surface area is 148 Å². The number of nitrogens with zero attached hydrogens (tertiary/aromatic N) is 1. The largest absolute Gasteiger partial charge is 0.457 e. The van der Waals surface area contributed by atoms with Gasteiger partial charge in [-0.15, -0.1) is 0 Å². The number of aryl methyl sites for hydroxylation is 1. The molecular formula is C19H17NO4S. The molecule has 0 aliphatic rings. The van der Waals surface area contributed by atoms with Crippen molar-refractivity contribution in [3.05, 3.63) is 68.8 Å². The number of hydrogen-bond donors (Lipinski definition) is 0. The van der Waals surface area contributed by atoms with Crippen molar-refractivity contribution < 1.29 is 14.3 Å². The van der Waals surface area contributed by atoms with Gasteiger partial charge in [-0.3, -0.25) is 14.4 Å². The maximum atomic E-state index is 12.2. The highest BCUT2D eigenvalue weighted by atomic mass is 32.1. The predicted octanol–water partition coefficient (Wildman–Crippen LogP) is 3.19. The van der Waals surface area contributed by atoms with E-state index in [0.29, 0.717) is 5.56 Å². The van der Waals surface area contributed by atoms with Crippen molar-refractivity contribution in [3.63, 3.8) is 0 Å². The lowest BCUT2D eigenvalue weighted by molar-refractivity contribution is -0.142. The molecule has 25 heavy (non-hydrogen) atoms. The van der Waals surface area contributed by atoms with Crippen LogP contribution in [0.25, 0.3) is 10.8 Å². The fraction of sp³-hybridized carbons (Fsp3) is 0.211. The molecule has 0 N–H and O–H groups in total. The number of benzene rings is 2. The van der Waals surface area contributed by atoms with Crippen molar-refractivity contribution in [2.75, 3.05) is 6.61 Å². The van der Waals surface area contributed by atoms with Crippen LogP contribution in [-0.4, -0.2) is 22.9 Å². The van der Waals surface area contributed by atoms with Crippen molar-refractivity contribution >= 4 is 33.9 Å². The Morgan fingerprint density at radius 3 is 2.60 bits per heavy atom. The molecule has 0 saturated heterocycles. The van der Waals surface area contributed by atoms with Gasteiger partial charge in [0.2, 0.25) is 0 Å². The molecule has 1 aromatic heterocycles. The van der Waals surface area contributed by atoms with Gasteiger partial charge < -0.3 is 9.30 Å². The van der Waals surface area contributed by atoms with Crippen molar-refractivity contribution in [1.82, 2.24) is 4.57 Å². The first-order valence-corrected chi connectivity index (χ1v) is 8.75. The quantitative estimate of drug-likeness (QED) is 0.503. The fourth-order valence-corrected chi connectivity index (χ4v) is 3.30. The van der Waals surface area contributed by atoms with Crippen LogP contribution in [0.5, 0.6) is 0 Å². The van der Waals surface area contributed by atoms with E-state index in [4.69, 9.17) is 4.74 Å². The normalized spacial score (nSPS) is 10.8. The van der Waals surface area contributed by atoms with E-state index in [-0.39, 0.29) is 30.2 Å². The number of Topliss-reactive ketones (excluding diaryl/α,β-unsaturated/α-hetero) is 1. The first-order valence-electron chi connectivity index (χ1n) is 7.87. The zero-order valence-electron chi connectivity index (χ0n) is 13.7. The van der Waals surface area contributed by atoms with E-state index in [1.54, 1.807) is 17.5 Å². The van der Waals surface area contributed by atoms with Crippen LogP contribution in [0, 0.1) is 6.92 Å². The predicted molar refractivity (Wildman–Crippen MR) is 97.2 cm³/mol. The van der Waals surface area contributed by atoms with Crippen LogP contribution in [0.3, 0.4) is 0 Å². The monoisotopic (exact) mass is 355 g/mol. The molecule has 0 saturated carbocycles. The Morgan fingerprint density at radius 1 is 1.12 bits per heavy atom. The Morgan fingerprint density at radius 2 is 1.88 bits per heavy atom. The number of ketones is 1. The minimum atomic E-state index is -0.494. The molecule has 0 amide bonds. The Balaban J connectivity index is 1.55. The molecule has 5 nitrogen and oxygen atoms in total. The van der Waals surface area contributed by atoms with Gasteiger partial charge in [0.25, 0.3) is 0 Å². The third kappa shape index (κ3) is 4.03. The number of thiazole rings is 1. The molecule has 1 heterocycles. The average Bonchev–Trinajstić information content (AvgIpc) is 2.95. The molecule has 0 spiro atoms. The molecule has 3 aromatic rings. The van der Waals surface area contributed by atoms with Crippen molar-refractivity contribution in [1.29, 1.82) is 0 Å². The van der Waals surface area contributed by atoms with Gasteiger partial charge >= 0.3 is 10.8 Å². The summed E-state index contributed by atoms with van der Waals surface area (Å²) in [5.41, 5.74) is 1.33. The number of carbonyl (C=O) groups is 2. The van der Waals surface area contributed by atoms with Crippen LogP contribution >= 0.6 is 11.3 Å². The van der Waals surface area contributed by atoms with Gasteiger partial charge in [0, 0.05) is 23.2 Å². The van der Waals surface area contributed by atoms with Gasteiger partial charge in [-0.2, -0.15) is 0 Å². The van der Waals surface area contributed by atoms with E-state index in [9.17, 15) is 14.4 Å². The van der Waals surface area contributed by atoms with Gasteiger partial charge in [0.05, 0.1) is 6.42 Å². The molecule has 0 bridgehead atoms. The van der Waals surface area contributed by atoms with Crippen LogP contribution in [-0.2, 0) is 16.1 Å². The summed E-state index contributed by atoms with van der Waals surface area (Å²) in [7, 11) is 0. The number of esters is 1. The minimum absolute atomic E-state index is 0.0580. The lowest BCUT2D eigenvalue weighted by atomic mass is 10.0. The molecule has 0 fully saturated rings. The maximum Gasteiger partial charge on any atom is 0.308 e. The maximum absolute atomic E-state index is 12.2. The SMILES string of the molecule is Cc1csc(=O)n1CCC(=O)OCC(=O)c1ccc2ccccc2c1. The second-order valence-electron chi connectivity index (χ2n) is 5.69. The third-order valence-corrected chi connectivity index (χ3v) is 4.83. The Bertz CT molecular complexity index is 986. The number of fused-ring (bicyclic) bond motifs is 1. The zero-order valence-corrected chi connectivity index (χ0v) is 14.5. The molecular weight excluding hydrogens is 338 g/mol.